The Morgan fingerprint density at radius 2 is 1.82 bits per heavy atom. The van der Waals surface area contributed by atoms with E-state index < -0.39 is 21.6 Å². The lowest BCUT2D eigenvalue weighted by molar-refractivity contribution is -0.0166. The van der Waals surface area contributed by atoms with Crippen molar-refractivity contribution in [2.24, 2.45) is 0 Å². The predicted molar refractivity (Wildman–Crippen MR) is 79.3 cm³/mol. The molecule has 0 fully saturated rings. The summed E-state index contributed by atoms with van der Waals surface area (Å²) < 4.78 is 54.1. The highest BCUT2D eigenvalue weighted by atomic mass is 32.2. The topological polar surface area (TPSA) is 58.2 Å². The highest BCUT2D eigenvalue weighted by Gasteiger charge is 2.37. The van der Waals surface area contributed by atoms with Crippen LogP contribution < -0.4 is 10.0 Å². The van der Waals surface area contributed by atoms with E-state index in [1.54, 1.807) is 12.1 Å². The van der Waals surface area contributed by atoms with Crippen LogP contribution in [0.5, 0.6) is 0 Å². The molecule has 1 aliphatic heterocycles. The molecule has 0 bridgehead atoms. The number of nitrogens with one attached hydrogen (secondary N) is 2. The van der Waals surface area contributed by atoms with Gasteiger partial charge < -0.3 is 5.32 Å². The lowest BCUT2D eigenvalue weighted by atomic mass is 10.2. The van der Waals surface area contributed by atoms with Crippen LogP contribution in [0, 0.1) is 0 Å². The van der Waals surface area contributed by atoms with E-state index in [1.165, 1.54) is 41.1 Å². The average Bonchev–Trinajstić information content (AvgIpc) is 2.94. The highest BCUT2D eigenvalue weighted by Crippen LogP contribution is 2.29. The third-order valence-corrected chi connectivity index (χ3v) is 4.90. The van der Waals surface area contributed by atoms with Crippen molar-refractivity contribution in [2.75, 3.05) is 11.9 Å². The Bertz CT molecular complexity index is 792. The van der Waals surface area contributed by atoms with E-state index >= 15 is 0 Å². The van der Waals surface area contributed by atoms with Gasteiger partial charge in [0.05, 0.1) is 4.90 Å². The van der Waals surface area contributed by atoms with Crippen molar-refractivity contribution in [2.45, 2.75) is 17.4 Å². The van der Waals surface area contributed by atoms with E-state index in [0.29, 0.717) is 13.0 Å². The van der Waals surface area contributed by atoms with Crippen LogP contribution in [-0.4, -0.2) is 15.0 Å². The molecule has 3 rings (SSSR count). The summed E-state index contributed by atoms with van der Waals surface area (Å²) in [6.07, 6.45) is 0.674. The van der Waals surface area contributed by atoms with Gasteiger partial charge in [-0.2, -0.15) is 8.78 Å². The van der Waals surface area contributed by atoms with E-state index in [-0.39, 0.29) is 4.90 Å². The summed E-state index contributed by atoms with van der Waals surface area (Å²) in [5, 5.41) is 3.09. The van der Waals surface area contributed by atoms with Gasteiger partial charge in [0.1, 0.15) is 0 Å². The molecule has 0 amide bonds. The number of benzene rings is 2. The van der Waals surface area contributed by atoms with Crippen LogP contribution in [0.3, 0.4) is 0 Å². The number of halogens is 2. The zero-order chi connectivity index (χ0) is 15.8. The minimum atomic E-state index is -4.32. The summed E-state index contributed by atoms with van der Waals surface area (Å²) in [5.41, 5.74) is 1.25. The van der Waals surface area contributed by atoms with E-state index in [2.05, 4.69) is 5.32 Å². The van der Waals surface area contributed by atoms with Gasteiger partial charge in [0.2, 0.25) is 10.0 Å². The molecule has 7 heteroatoms. The standard InChI is InChI=1S/C15H14F2N2O2S/c16-15(17,12-4-2-1-3-5-12)19-22(20,21)13-6-7-14-11(10-13)8-9-18-14/h1-7,10,18-19H,8-9H2. The van der Waals surface area contributed by atoms with Crippen LogP contribution in [0.1, 0.15) is 11.1 Å². The largest absolute Gasteiger partial charge is 0.384 e. The van der Waals surface area contributed by atoms with Crippen LogP contribution in [0.25, 0.3) is 0 Å². The third kappa shape index (κ3) is 2.82. The molecule has 0 radical (unpaired) electrons. The van der Waals surface area contributed by atoms with Crippen molar-refractivity contribution in [3.63, 3.8) is 0 Å². The molecule has 0 aliphatic carbocycles. The first-order chi connectivity index (χ1) is 10.4. The molecule has 2 N–H and O–H groups in total. The van der Waals surface area contributed by atoms with Crippen LogP contribution in [0.4, 0.5) is 14.5 Å². The Labute approximate surface area is 127 Å². The minimum absolute atomic E-state index is 0.162. The highest BCUT2D eigenvalue weighted by molar-refractivity contribution is 7.89. The molecule has 0 saturated heterocycles. The third-order valence-electron chi connectivity index (χ3n) is 3.50. The molecule has 0 aromatic heterocycles. The maximum Gasteiger partial charge on any atom is 0.341 e. The van der Waals surface area contributed by atoms with Crippen LogP contribution in [0.2, 0.25) is 0 Å². The number of anilines is 1. The van der Waals surface area contributed by atoms with E-state index in [9.17, 15) is 17.2 Å². The Kier molecular flexibility index (Phi) is 3.62. The molecule has 0 unspecified atom stereocenters. The molecule has 4 nitrogen and oxygen atoms in total. The number of fused-ring (bicyclic) bond motifs is 1. The summed E-state index contributed by atoms with van der Waals surface area (Å²) in [4.78, 5) is -0.162. The SMILES string of the molecule is O=S(=O)(NC(F)(F)c1ccccc1)c1ccc2c(c1)CCN2. The van der Waals surface area contributed by atoms with Gasteiger partial charge in [-0.15, -0.1) is 4.72 Å². The molecule has 22 heavy (non-hydrogen) atoms. The van der Waals surface area contributed by atoms with E-state index in [0.717, 1.165) is 11.3 Å². The van der Waals surface area contributed by atoms with Gasteiger partial charge >= 0.3 is 6.05 Å². The number of sulfonamides is 1. The average molecular weight is 324 g/mol. The fourth-order valence-corrected chi connectivity index (χ4v) is 3.50. The fraction of sp³-hybridized carbons (Fsp3) is 0.200. The minimum Gasteiger partial charge on any atom is -0.384 e. The fourth-order valence-electron chi connectivity index (χ4n) is 2.38. The van der Waals surface area contributed by atoms with Crippen LogP contribution >= 0.6 is 0 Å². The molecule has 2 aromatic carbocycles. The first kappa shape index (κ1) is 14.9. The summed E-state index contributed by atoms with van der Waals surface area (Å²) in [6, 6.07) is 7.47. The second kappa shape index (κ2) is 5.33. The Morgan fingerprint density at radius 3 is 2.55 bits per heavy atom. The van der Waals surface area contributed by atoms with Gasteiger partial charge in [-0.1, -0.05) is 30.3 Å². The number of rotatable bonds is 4. The van der Waals surface area contributed by atoms with E-state index in [1.807, 2.05) is 0 Å². The van der Waals surface area contributed by atoms with Crippen molar-refractivity contribution in [3.8, 4) is 0 Å². The van der Waals surface area contributed by atoms with Gasteiger partial charge in [0.25, 0.3) is 0 Å². The number of hydrogen-bond acceptors (Lipinski definition) is 3. The van der Waals surface area contributed by atoms with Crippen LogP contribution in [0.15, 0.2) is 53.4 Å². The molecule has 0 spiro atoms. The molecular formula is C15H14F2N2O2S. The second-order valence-corrected chi connectivity index (χ2v) is 6.72. The zero-order valence-corrected chi connectivity index (χ0v) is 12.3. The Morgan fingerprint density at radius 1 is 1.09 bits per heavy atom. The van der Waals surface area contributed by atoms with Crippen molar-refractivity contribution < 1.29 is 17.2 Å². The maximum atomic E-state index is 14.1. The summed E-state index contributed by atoms with van der Waals surface area (Å²) >= 11 is 0. The van der Waals surface area contributed by atoms with Gasteiger partial charge in [0, 0.05) is 17.8 Å². The van der Waals surface area contributed by atoms with E-state index in [4.69, 9.17) is 0 Å². The molecule has 2 aromatic rings. The van der Waals surface area contributed by atoms with Gasteiger partial charge in [0.15, 0.2) is 0 Å². The molecular weight excluding hydrogens is 310 g/mol. The molecule has 1 aliphatic rings. The predicted octanol–water partition coefficient (Wildman–Crippen LogP) is 2.68. The first-order valence-corrected chi connectivity index (χ1v) is 8.21. The zero-order valence-electron chi connectivity index (χ0n) is 11.5. The number of alkyl halides is 2. The number of hydrogen-bond donors (Lipinski definition) is 2. The monoisotopic (exact) mass is 324 g/mol. The molecule has 0 saturated carbocycles. The van der Waals surface area contributed by atoms with Crippen molar-refractivity contribution in [1.29, 1.82) is 0 Å². The summed E-state index contributed by atoms with van der Waals surface area (Å²) in [5.74, 6) is 0. The summed E-state index contributed by atoms with van der Waals surface area (Å²) in [7, 11) is -4.32. The maximum absolute atomic E-state index is 14.1. The second-order valence-electron chi connectivity index (χ2n) is 5.04. The van der Waals surface area contributed by atoms with Gasteiger partial charge in [-0.3, -0.25) is 0 Å². The van der Waals surface area contributed by atoms with Gasteiger partial charge in [-0.05, 0) is 30.2 Å². The molecule has 116 valence electrons. The van der Waals surface area contributed by atoms with Crippen molar-refractivity contribution in [1.82, 2.24) is 4.72 Å². The Balaban J connectivity index is 1.90. The smallest absolute Gasteiger partial charge is 0.341 e. The summed E-state index contributed by atoms with van der Waals surface area (Å²) in [6.45, 7) is 0.715. The first-order valence-electron chi connectivity index (χ1n) is 6.73. The van der Waals surface area contributed by atoms with Gasteiger partial charge in [-0.25, -0.2) is 8.42 Å². The molecule has 0 atom stereocenters. The normalized spacial score (nSPS) is 14.5. The molecule has 1 heterocycles. The van der Waals surface area contributed by atoms with Crippen molar-refractivity contribution in [3.05, 3.63) is 59.7 Å². The Hall–Kier alpha value is -1.99. The quantitative estimate of drug-likeness (QED) is 0.850. The van der Waals surface area contributed by atoms with Crippen molar-refractivity contribution >= 4 is 15.7 Å². The lowest BCUT2D eigenvalue weighted by Crippen LogP contribution is -2.38. The van der Waals surface area contributed by atoms with Crippen LogP contribution in [-0.2, 0) is 22.5 Å². The lowest BCUT2D eigenvalue weighted by Gasteiger charge is -2.18.